The molecule has 5 rings (SSSR count). The Morgan fingerprint density at radius 3 is 2.25 bits per heavy atom. The van der Waals surface area contributed by atoms with Crippen LogP contribution in [0.4, 0.5) is 15.5 Å². The van der Waals surface area contributed by atoms with E-state index in [1.165, 1.54) is 12.1 Å². The maximum absolute atomic E-state index is 14.3. The third-order valence-electron chi connectivity index (χ3n) is 8.14. The zero-order valence-electron chi connectivity index (χ0n) is 21.3. The Kier molecular flexibility index (Phi) is 5.26. The molecule has 3 nitrogen and oxygen atoms in total. The topological polar surface area (TPSA) is 42.4 Å². The van der Waals surface area contributed by atoms with Crippen molar-refractivity contribution in [3.8, 4) is 0 Å². The quantitative estimate of drug-likeness (QED) is 0.405. The van der Waals surface area contributed by atoms with Crippen molar-refractivity contribution in [3.63, 3.8) is 0 Å². The number of aromatic nitrogens is 1. The van der Waals surface area contributed by atoms with E-state index in [0.29, 0.717) is 12.0 Å². The van der Waals surface area contributed by atoms with Crippen LogP contribution in [0.1, 0.15) is 112 Å². The fraction of sp³-hybridized carbons (Fsp3) is 0.536. The van der Waals surface area contributed by atoms with E-state index in [1.54, 1.807) is 0 Å². The molecule has 2 atom stereocenters. The number of rotatable bonds is 4. The molecule has 2 heterocycles. The highest BCUT2D eigenvalue weighted by Crippen LogP contribution is 3.01. The highest BCUT2D eigenvalue weighted by molar-refractivity contribution is 8.52. The molecule has 36 heavy (non-hydrogen) atoms. The second-order valence-corrected chi connectivity index (χ2v) is 15.0. The minimum atomic E-state index is -8.54. The van der Waals surface area contributed by atoms with Crippen molar-refractivity contribution in [2.45, 2.75) is 94.8 Å². The van der Waals surface area contributed by atoms with Crippen molar-refractivity contribution in [2.75, 3.05) is 0 Å². The van der Waals surface area contributed by atoms with E-state index in [1.807, 2.05) is 13.8 Å². The number of halogens is 4. The van der Waals surface area contributed by atoms with E-state index >= 15 is 0 Å². The number of fused-ring (bicyclic) bond motifs is 4. The number of hydrogen-bond acceptors (Lipinski definition) is 3. The van der Waals surface area contributed by atoms with Crippen LogP contribution < -0.4 is 0 Å². The van der Waals surface area contributed by atoms with Crippen LogP contribution in [-0.2, 0) is 16.8 Å². The van der Waals surface area contributed by atoms with Gasteiger partial charge in [0.2, 0.25) is 9.84 Å². The van der Waals surface area contributed by atoms with Crippen LogP contribution in [0.3, 0.4) is 0 Å². The molecule has 1 aromatic heterocycles. The van der Waals surface area contributed by atoms with Crippen molar-refractivity contribution < 1.29 is 25.4 Å². The zero-order valence-corrected chi connectivity index (χ0v) is 22.1. The molecule has 1 aliphatic heterocycles. The number of ether oxygens (including phenoxy) is 1. The monoisotopic (exact) mass is 525 g/mol. The minimum absolute atomic E-state index is 0.0489. The molecule has 0 saturated heterocycles. The Hall–Kier alpha value is -1.90. The van der Waals surface area contributed by atoms with Crippen LogP contribution in [0.5, 0.6) is 0 Å². The molecular formula is C28H35F4NO2S. The van der Waals surface area contributed by atoms with Crippen molar-refractivity contribution in [1.29, 1.82) is 0 Å². The van der Waals surface area contributed by atoms with Gasteiger partial charge in [-0.1, -0.05) is 59.2 Å². The van der Waals surface area contributed by atoms with Gasteiger partial charge in [0, 0.05) is 27.9 Å². The number of nitrogens with zero attached hydrogens (tertiary/aromatic N) is 1. The molecule has 198 valence electrons. The van der Waals surface area contributed by atoms with Crippen molar-refractivity contribution in [1.82, 2.24) is 4.98 Å². The summed E-state index contributed by atoms with van der Waals surface area (Å²) in [6, 6.07) is 4.20. The normalized spacial score (nSPS) is 26.4. The van der Waals surface area contributed by atoms with E-state index in [4.69, 9.17) is 9.72 Å². The first kappa shape index (κ1) is 25.7. The first-order chi connectivity index (χ1) is 16.5. The lowest BCUT2D eigenvalue weighted by molar-refractivity contribution is -0.0580. The zero-order chi connectivity index (χ0) is 26.4. The van der Waals surface area contributed by atoms with Gasteiger partial charge in [0.15, 0.2) is 0 Å². The number of hydrogen-bond donors (Lipinski definition) is 1. The smallest absolute Gasteiger partial charge is 0.203 e. The van der Waals surface area contributed by atoms with E-state index in [2.05, 4.69) is 20.4 Å². The van der Waals surface area contributed by atoms with Gasteiger partial charge in [-0.3, -0.25) is 4.98 Å². The van der Waals surface area contributed by atoms with Gasteiger partial charge in [-0.25, -0.2) is 0 Å². The molecule has 0 bridgehead atoms. The van der Waals surface area contributed by atoms with Crippen molar-refractivity contribution in [2.24, 2.45) is 5.41 Å². The Morgan fingerprint density at radius 2 is 1.69 bits per heavy atom. The van der Waals surface area contributed by atoms with Gasteiger partial charge >= 0.3 is 0 Å². The molecule has 1 aromatic carbocycles. The first-order valence-corrected chi connectivity index (χ1v) is 14.8. The summed E-state index contributed by atoms with van der Waals surface area (Å²) in [6.07, 6.45) is 3.57. The lowest BCUT2D eigenvalue weighted by atomic mass is 9.70. The summed E-state index contributed by atoms with van der Waals surface area (Å²) in [6.45, 7) is 11.1. The first-order valence-electron chi connectivity index (χ1n) is 12.7. The predicted molar refractivity (Wildman–Crippen MR) is 135 cm³/mol. The Labute approximate surface area is 210 Å². The fourth-order valence-corrected chi connectivity index (χ4v) is 7.34. The molecule has 2 aliphatic carbocycles. The van der Waals surface area contributed by atoms with E-state index < -0.39 is 38.0 Å². The number of benzene rings is 1. The Bertz CT molecular complexity index is 1240. The maximum Gasteiger partial charge on any atom is 0.203 e. The molecule has 8 heteroatoms. The van der Waals surface area contributed by atoms with E-state index in [-0.39, 0.29) is 11.3 Å². The molecule has 3 aliphatic rings. The van der Waals surface area contributed by atoms with Crippen LogP contribution in [0.15, 0.2) is 41.1 Å². The molecule has 2 aromatic rings. The molecule has 1 spiro atoms. The van der Waals surface area contributed by atoms with Crippen molar-refractivity contribution >= 4 is 9.84 Å². The van der Waals surface area contributed by atoms with Gasteiger partial charge in [0.05, 0.1) is 16.6 Å². The number of aliphatic hydroxyl groups is 1. The summed E-state index contributed by atoms with van der Waals surface area (Å²) < 4.78 is 64.0. The minimum Gasteiger partial charge on any atom is -0.388 e. The predicted octanol–water partition coefficient (Wildman–Crippen LogP) is 9.02. The largest absolute Gasteiger partial charge is 0.388 e. The summed E-state index contributed by atoms with van der Waals surface area (Å²) in [4.78, 5) is 3.74. The van der Waals surface area contributed by atoms with Crippen LogP contribution in [0.25, 0.3) is 0 Å². The van der Waals surface area contributed by atoms with Gasteiger partial charge in [-0.15, -0.1) is 15.5 Å². The highest BCUT2D eigenvalue weighted by Gasteiger charge is 2.61. The second kappa shape index (κ2) is 7.35. The lowest BCUT2D eigenvalue weighted by Gasteiger charge is -2.46. The van der Waals surface area contributed by atoms with Crippen LogP contribution in [-0.4, -0.2) is 10.1 Å². The van der Waals surface area contributed by atoms with Crippen LogP contribution in [0.2, 0.25) is 0 Å². The molecule has 1 fully saturated rings. The van der Waals surface area contributed by atoms with Crippen LogP contribution in [0, 0.1) is 5.41 Å². The Balaban J connectivity index is 1.72. The third kappa shape index (κ3) is 3.91. The van der Waals surface area contributed by atoms with Gasteiger partial charge in [-0.05, 0) is 60.3 Å². The average Bonchev–Trinajstić information content (AvgIpc) is 3.37. The highest BCUT2D eigenvalue weighted by atomic mass is 32.5. The summed E-state index contributed by atoms with van der Waals surface area (Å²) in [5.41, 5.74) is 4.32. The molecule has 1 saturated carbocycles. The molecule has 2 unspecified atom stereocenters. The van der Waals surface area contributed by atoms with E-state index in [9.17, 15) is 20.6 Å². The molecular weight excluding hydrogens is 490 g/mol. The van der Waals surface area contributed by atoms with Crippen LogP contribution >= 0.6 is 9.84 Å². The van der Waals surface area contributed by atoms with Crippen molar-refractivity contribution in [3.05, 3.63) is 69.9 Å². The fourth-order valence-electron chi connectivity index (χ4n) is 6.44. The van der Waals surface area contributed by atoms with Gasteiger partial charge < -0.3 is 9.84 Å². The molecule has 0 amide bonds. The standard InChI is InChI=1S/C28H35F4NO2S/c1-6-36(29,30,31,32)19-11-9-18(10-12-19)26-23-24(28(35-26)13-7-8-14-28)22-20(33-25(23)17(2)3)15-27(4,5)16-21(22)34/h6,9-12,17,21,26,34H,1,7-8,13-16H2,2-5H3. The van der Waals surface area contributed by atoms with Gasteiger partial charge in [0.1, 0.15) is 6.10 Å². The van der Waals surface area contributed by atoms with E-state index in [0.717, 1.165) is 72.3 Å². The maximum atomic E-state index is 14.3. The average molecular weight is 526 g/mol. The lowest BCUT2D eigenvalue weighted by Crippen LogP contribution is -2.32. The second-order valence-electron chi connectivity index (χ2n) is 11.9. The van der Waals surface area contributed by atoms with Gasteiger partial charge in [0.25, 0.3) is 0 Å². The number of aliphatic hydroxyl groups excluding tert-OH is 1. The summed E-state index contributed by atoms with van der Waals surface area (Å²) >= 11 is 0. The summed E-state index contributed by atoms with van der Waals surface area (Å²) in [5, 5.41) is 10.8. The third-order valence-corrected chi connectivity index (χ3v) is 10.1. The number of pyridine rings is 1. The SMILES string of the molecule is C=CS(F)(F)(F)(F)c1ccc(C2OC3(CCCC3)c3c4c(nc(C(C)C)c32)CC(C)(C)CC4O)cc1. The van der Waals surface area contributed by atoms with Gasteiger partial charge in [-0.2, -0.15) is 0 Å². The molecule has 0 radical (unpaired) electrons. The Morgan fingerprint density at radius 1 is 1.08 bits per heavy atom. The molecule has 1 N–H and O–H groups in total. The summed E-state index contributed by atoms with van der Waals surface area (Å²) in [7, 11) is -8.54. The summed E-state index contributed by atoms with van der Waals surface area (Å²) in [5.74, 6) is 0.0489.